The highest BCUT2D eigenvalue weighted by atomic mass is 32.2. The molecule has 158 valence electrons. The molecule has 2 saturated carbocycles. The molecule has 3 aliphatic rings. The Hall–Kier alpha value is -2.05. The minimum absolute atomic E-state index is 0.0762. The molecule has 1 N–H and O–H groups in total. The zero-order valence-corrected chi connectivity index (χ0v) is 17.7. The smallest absolute Gasteiger partial charge is 0.212 e. The van der Waals surface area contributed by atoms with Crippen LogP contribution in [0.15, 0.2) is 48.7 Å². The third-order valence-electron chi connectivity index (χ3n) is 7.21. The number of halogens is 1. The highest BCUT2D eigenvalue weighted by Gasteiger charge is 2.49. The molecule has 5 atom stereocenters. The maximum atomic E-state index is 13.5. The molecular weight excluding hydrogens is 399 g/mol. The predicted octanol–water partition coefficient (Wildman–Crippen LogP) is 4.65. The number of fused-ring (bicyclic) bond motifs is 2. The van der Waals surface area contributed by atoms with E-state index in [1.807, 2.05) is 24.3 Å². The van der Waals surface area contributed by atoms with Crippen molar-refractivity contribution in [2.24, 2.45) is 23.7 Å². The van der Waals surface area contributed by atoms with E-state index in [9.17, 15) is 12.8 Å². The Balaban J connectivity index is 1.38. The van der Waals surface area contributed by atoms with Crippen molar-refractivity contribution in [1.82, 2.24) is 9.71 Å². The zero-order valence-electron chi connectivity index (χ0n) is 16.9. The predicted molar refractivity (Wildman–Crippen MR) is 116 cm³/mol. The van der Waals surface area contributed by atoms with E-state index in [1.54, 1.807) is 12.3 Å². The van der Waals surface area contributed by atoms with Gasteiger partial charge in [-0.3, -0.25) is 4.98 Å². The number of hydrogen-bond acceptors (Lipinski definition) is 3. The average Bonchev–Trinajstić information content (AvgIpc) is 3.05. The van der Waals surface area contributed by atoms with Crippen LogP contribution in [0.4, 0.5) is 4.39 Å². The second-order valence-electron chi connectivity index (χ2n) is 9.03. The molecule has 1 saturated heterocycles. The Labute approximate surface area is 177 Å². The first-order valence-electron chi connectivity index (χ1n) is 10.9. The van der Waals surface area contributed by atoms with Gasteiger partial charge in [-0.15, -0.1) is 0 Å². The second-order valence-corrected chi connectivity index (χ2v) is 10.8. The van der Waals surface area contributed by atoms with Crippen LogP contribution >= 0.6 is 0 Å². The lowest BCUT2D eigenvalue weighted by molar-refractivity contribution is 0.0769. The van der Waals surface area contributed by atoms with Crippen molar-refractivity contribution in [3.8, 4) is 11.1 Å². The molecule has 2 heterocycles. The van der Waals surface area contributed by atoms with Crippen LogP contribution in [0.2, 0.25) is 0 Å². The van der Waals surface area contributed by atoms with Crippen molar-refractivity contribution >= 4 is 16.1 Å². The molecule has 0 radical (unpaired) electrons. The first kappa shape index (κ1) is 19.9. The van der Waals surface area contributed by atoms with Gasteiger partial charge in [0, 0.05) is 17.8 Å². The number of rotatable bonds is 3. The largest absolute Gasteiger partial charge is 0.256 e. The number of hydrogen-bond donors (Lipinski definition) is 1. The molecule has 0 bridgehead atoms. The first-order valence-corrected chi connectivity index (χ1v) is 12.5. The van der Waals surface area contributed by atoms with E-state index in [-0.39, 0.29) is 29.4 Å². The number of sulfonamides is 1. The topological polar surface area (TPSA) is 59.1 Å². The second kappa shape index (κ2) is 7.89. The highest BCUT2D eigenvalue weighted by molar-refractivity contribution is 7.89. The molecule has 1 aromatic heterocycles. The van der Waals surface area contributed by atoms with Gasteiger partial charge in [0.2, 0.25) is 10.0 Å². The Bertz CT molecular complexity index is 1050. The molecule has 2 unspecified atom stereocenters. The summed E-state index contributed by atoms with van der Waals surface area (Å²) in [4.78, 5) is 4.54. The molecule has 1 aliphatic heterocycles. The van der Waals surface area contributed by atoms with Crippen LogP contribution in [0.5, 0.6) is 0 Å². The summed E-state index contributed by atoms with van der Waals surface area (Å²) in [7, 11) is -3.16. The number of benzene rings is 1. The summed E-state index contributed by atoms with van der Waals surface area (Å²) in [6.07, 6.45) is 11.9. The van der Waals surface area contributed by atoms with Gasteiger partial charge >= 0.3 is 0 Å². The molecule has 2 aliphatic carbocycles. The first-order chi connectivity index (χ1) is 14.5. The Morgan fingerprint density at radius 3 is 2.73 bits per heavy atom. The lowest BCUT2D eigenvalue weighted by atomic mass is 9.60. The quantitative estimate of drug-likeness (QED) is 0.778. The Kier molecular flexibility index (Phi) is 5.23. The number of nitrogens with zero attached hydrogens (tertiary/aromatic N) is 1. The molecule has 6 heteroatoms. The summed E-state index contributed by atoms with van der Waals surface area (Å²) in [6, 6.07) is 10.5. The van der Waals surface area contributed by atoms with Crippen molar-refractivity contribution < 1.29 is 12.8 Å². The molecule has 0 amide bonds. The van der Waals surface area contributed by atoms with Crippen LogP contribution in [-0.2, 0) is 10.0 Å². The maximum Gasteiger partial charge on any atom is 0.212 e. The number of pyridine rings is 1. The summed E-state index contributed by atoms with van der Waals surface area (Å²) >= 11 is 0. The van der Waals surface area contributed by atoms with E-state index in [0.29, 0.717) is 11.8 Å². The number of allylic oxidation sites excluding steroid dienone is 1. The van der Waals surface area contributed by atoms with Gasteiger partial charge in [0.25, 0.3) is 0 Å². The van der Waals surface area contributed by atoms with Gasteiger partial charge in [0.05, 0.1) is 11.4 Å². The average molecular weight is 427 g/mol. The lowest BCUT2D eigenvalue weighted by Crippen LogP contribution is -2.45. The molecule has 5 rings (SSSR count). The standard InChI is InChI=1S/C24H27FN2O2S/c25-19-6-3-5-16(12-19)18-8-9-20(26-14-18)10-11-22-21-7-2-1-4-17(21)13-24-23(22)15-30(28,29)27-24/h3,5-6,8-12,14,17,21-24,27H,1-2,4,7,13,15H2/b11-10+/t17-,21?,22-,23?,24-/m0/s1. The Morgan fingerprint density at radius 1 is 1.07 bits per heavy atom. The van der Waals surface area contributed by atoms with Gasteiger partial charge in [-0.2, -0.15) is 0 Å². The van der Waals surface area contributed by atoms with Crippen molar-refractivity contribution in [1.29, 1.82) is 0 Å². The third kappa shape index (κ3) is 3.95. The van der Waals surface area contributed by atoms with E-state index in [4.69, 9.17) is 0 Å². The molecule has 0 spiro atoms. The summed E-state index contributed by atoms with van der Waals surface area (Å²) in [5.41, 5.74) is 2.53. The summed E-state index contributed by atoms with van der Waals surface area (Å²) in [5.74, 6) is 1.57. The molecule has 4 nitrogen and oxygen atoms in total. The normalized spacial score (nSPS) is 32.6. The van der Waals surface area contributed by atoms with E-state index in [0.717, 1.165) is 23.2 Å². The maximum absolute atomic E-state index is 13.5. The molecular formula is C24H27FN2O2S. The van der Waals surface area contributed by atoms with Crippen molar-refractivity contribution in [2.75, 3.05) is 5.75 Å². The van der Waals surface area contributed by atoms with Gasteiger partial charge in [0.15, 0.2) is 0 Å². The fourth-order valence-corrected chi connectivity index (χ4v) is 7.64. The van der Waals surface area contributed by atoms with E-state index in [1.165, 1.54) is 37.8 Å². The van der Waals surface area contributed by atoms with Gasteiger partial charge in [0.1, 0.15) is 5.82 Å². The Morgan fingerprint density at radius 2 is 1.93 bits per heavy atom. The van der Waals surface area contributed by atoms with E-state index in [2.05, 4.69) is 15.8 Å². The van der Waals surface area contributed by atoms with Gasteiger partial charge in [-0.1, -0.05) is 43.5 Å². The summed E-state index contributed by atoms with van der Waals surface area (Å²) in [6.45, 7) is 0. The SMILES string of the molecule is O=S1(=O)CC2[C@@H](/C=C/c3ccc(-c4cccc(F)c4)cn3)C3CCCC[C@H]3C[C@@H]2N1. The third-order valence-corrected chi connectivity index (χ3v) is 8.69. The van der Waals surface area contributed by atoms with Crippen molar-refractivity contribution in [3.63, 3.8) is 0 Å². The number of nitrogens with one attached hydrogen (secondary N) is 1. The van der Waals surface area contributed by atoms with Crippen LogP contribution in [0.3, 0.4) is 0 Å². The van der Waals surface area contributed by atoms with E-state index < -0.39 is 10.0 Å². The molecule has 1 aromatic carbocycles. The highest BCUT2D eigenvalue weighted by Crippen LogP contribution is 2.49. The van der Waals surface area contributed by atoms with Crippen LogP contribution < -0.4 is 4.72 Å². The summed E-state index contributed by atoms with van der Waals surface area (Å²) < 4.78 is 40.9. The monoisotopic (exact) mass is 426 g/mol. The minimum atomic E-state index is -3.16. The van der Waals surface area contributed by atoms with Crippen LogP contribution in [-0.4, -0.2) is 25.2 Å². The minimum Gasteiger partial charge on any atom is -0.256 e. The lowest BCUT2D eigenvalue weighted by Gasteiger charge is -2.45. The summed E-state index contributed by atoms with van der Waals surface area (Å²) in [5, 5.41) is 0. The van der Waals surface area contributed by atoms with Crippen LogP contribution in [0, 0.1) is 29.5 Å². The van der Waals surface area contributed by atoms with Gasteiger partial charge in [-0.05, 0) is 66.4 Å². The van der Waals surface area contributed by atoms with Crippen molar-refractivity contribution in [2.45, 2.75) is 38.1 Å². The number of aromatic nitrogens is 1. The molecule has 3 fully saturated rings. The fourth-order valence-electron chi connectivity index (χ4n) is 5.86. The van der Waals surface area contributed by atoms with Crippen LogP contribution in [0.25, 0.3) is 17.2 Å². The van der Waals surface area contributed by atoms with Crippen molar-refractivity contribution in [3.05, 3.63) is 60.2 Å². The van der Waals surface area contributed by atoms with E-state index >= 15 is 0 Å². The van der Waals surface area contributed by atoms with Crippen LogP contribution in [0.1, 0.15) is 37.8 Å². The van der Waals surface area contributed by atoms with Gasteiger partial charge < -0.3 is 0 Å². The molecule has 2 aromatic rings. The molecule has 30 heavy (non-hydrogen) atoms. The van der Waals surface area contributed by atoms with Gasteiger partial charge in [-0.25, -0.2) is 17.5 Å². The fraction of sp³-hybridized carbons (Fsp3) is 0.458. The zero-order chi connectivity index (χ0) is 20.7.